The van der Waals surface area contributed by atoms with Crippen LogP contribution in [0.1, 0.15) is 160 Å². The molecule has 0 aliphatic carbocycles. The first-order valence-corrected chi connectivity index (χ1v) is 22.0. The van der Waals surface area contributed by atoms with E-state index >= 15 is 0 Å². The third-order valence-corrected chi connectivity index (χ3v) is 5.28. The van der Waals surface area contributed by atoms with Crippen molar-refractivity contribution < 1.29 is 42.9 Å². The second kappa shape index (κ2) is 65.9. The van der Waals surface area contributed by atoms with Crippen molar-refractivity contribution in [1.82, 2.24) is 0 Å². The van der Waals surface area contributed by atoms with E-state index in [2.05, 4.69) is 34.6 Å². The van der Waals surface area contributed by atoms with Gasteiger partial charge < -0.3 is 23.7 Å². The molecule has 9 nitrogen and oxygen atoms in total. The summed E-state index contributed by atoms with van der Waals surface area (Å²) >= 11 is 3.41. The van der Waals surface area contributed by atoms with Crippen molar-refractivity contribution in [2.45, 2.75) is 160 Å². The Hall–Kier alpha value is -1.46. The molecule has 11 heteroatoms. The molecule has 0 aromatic heterocycles. The fourth-order valence-corrected chi connectivity index (χ4v) is 2.87. The summed E-state index contributed by atoms with van der Waals surface area (Å²) in [4.78, 5) is 42.4. The van der Waals surface area contributed by atoms with Gasteiger partial charge in [-0.25, -0.2) is 0 Å². The average molecular weight is 761 g/mol. The highest BCUT2D eigenvalue weighted by molar-refractivity contribution is 7.98. The lowest BCUT2D eigenvalue weighted by molar-refractivity contribution is -0.145. The lowest BCUT2D eigenvalue weighted by atomic mass is 10.1. The smallest absolute Gasteiger partial charge is 0.306 e. The van der Waals surface area contributed by atoms with E-state index in [0.29, 0.717) is 65.3 Å². The summed E-state index contributed by atoms with van der Waals surface area (Å²) in [7, 11) is 0. The van der Waals surface area contributed by atoms with Gasteiger partial charge in [0.1, 0.15) is 6.61 Å². The predicted molar refractivity (Wildman–Crippen MR) is 219 cm³/mol. The van der Waals surface area contributed by atoms with Gasteiger partial charge in [-0.2, -0.15) is 23.5 Å². The van der Waals surface area contributed by atoms with Crippen LogP contribution in [0.5, 0.6) is 0 Å². The monoisotopic (exact) mass is 761 g/mol. The summed E-state index contributed by atoms with van der Waals surface area (Å²) in [5.41, 5.74) is 0. The molecule has 0 aliphatic heterocycles. The molecule has 0 aliphatic rings. The molecule has 0 fully saturated rings. The van der Waals surface area contributed by atoms with Crippen molar-refractivity contribution in [3.05, 3.63) is 0 Å². The molecular formula is C39H84O9S2. The first-order chi connectivity index (χ1) is 23.8. The number of carbonyl (C=O) groups excluding carboxylic acids is 4. The number of ether oxygens (including phenoxy) is 5. The molecule has 0 aromatic rings. The Balaban J connectivity index is -0.0000000896. The minimum atomic E-state index is -0.132. The third kappa shape index (κ3) is 97.0. The maximum atomic E-state index is 10.7. The highest BCUT2D eigenvalue weighted by atomic mass is 32.2. The van der Waals surface area contributed by atoms with E-state index in [9.17, 15) is 19.2 Å². The van der Waals surface area contributed by atoms with Crippen LogP contribution in [0.3, 0.4) is 0 Å². The van der Waals surface area contributed by atoms with Gasteiger partial charge in [0.05, 0.1) is 32.8 Å². The van der Waals surface area contributed by atoms with Gasteiger partial charge in [0.25, 0.3) is 0 Å². The summed E-state index contributed by atoms with van der Waals surface area (Å²) in [5, 5.41) is 0. The molecule has 50 heavy (non-hydrogen) atoms. The van der Waals surface area contributed by atoms with Crippen LogP contribution < -0.4 is 0 Å². The fraction of sp³-hybridized carbons (Fsp3) is 0.897. The van der Waals surface area contributed by atoms with E-state index in [4.69, 9.17) is 23.7 Å². The zero-order chi connectivity index (χ0) is 40.3. The topological polar surface area (TPSA) is 114 Å². The lowest BCUT2D eigenvalue weighted by Crippen LogP contribution is -2.09. The molecule has 0 heterocycles. The van der Waals surface area contributed by atoms with Crippen LogP contribution in [0.25, 0.3) is 0 Å². The van der Waals surface area contributed by atoms with Crippen LogP contribution in [-0.4, -0.2) is 88.0 Å². The van der Waals surface area contributed by atoms with Gasteiger partial charge in [-0.15, -0.1) is 0 Å². The van der Waals surface area contributed by atoms with E-state index in [1.54, 1.807) is 30.4 Å². The van der Waals surface area contributed by atoms with E-state index < -0.39 is 0 Å². The predicted octanol–water partition coefficient (Wildman–Crippen LogP) is 11.0. The quantitative estimate of drug-likeness (QED) is 0.0671. The van der Waals surface area contributed by atoms with Crippen molar-refractivity contribution in [3.8, 4) is 0 Å². The molecule has 0 N–H and O–H groups in total. The second-order valence-corrected chi connectivity index (χ2v) is 12.8. The number of esters is 4. The maximum Gasteiger partial charge on any atom is 0.306 e. The van der Waals surface area contributed by atoms with Crippen LogP contribution in [0.4, 0.5) is 0 Å². The highest BCUT2D eigenvalue weighted by Gasteiger charge is 2.00. The standard InChI is InChI=1S/C8H16O3.C7H14O2S.C7H14O2.C6H12O2.C6H14.C3H8.C2H6S/c1-3-5-8(9)11-7-6-10-4-2;1-3-5-9-7(8)4-6-10-2;1-3-5-7(8)9-6-4-2;1-3-5-8-6(7)4-2;1-4-5-6(2)3;2*1-3-2/h3-7H2,1-2H3;3-6H2,1-2H3;3-6H2,1-2H3;3-5H2,1-2H3;6H,4-5H2,1-3H3;3H2,1-2H3;1-2H3. The van der Waals surface area contributed by atoms with Gasteiger partial charge in [0, 0.05) is 31.6 Å². The van der Waals surface area contributed by atoms with Crippen molar-refractivity contribution in [1.29, 1.82) is 0 Å². The van der Waals surface area contributed by atoms with Gasteiger partial charge in [-0.1, -0.05) is 95.4 Å². The number of thioether (sulfide) groups is 2. The molecule has 0 spiro atoms. The molecule has 306 valence electrons. The van der Waals surface area contributed by atoms with Crippen LogP contribution in [0.2, 0.25) is 0 Å². The van der Waals surface area contributed by atoms with Crippen LogP contribution in [-0.2, 0) is 42.9 Å². The van der Waals surface area contributed by atoms with Crippen LogP contribution in [0, 0.1) is 5.92 Å². The zero-order valence-corrected chi connectivity index (χ0v) is 37.1. The minimum absolute atomic E-state index is 0.0700. The molecule has 0 aromatic carbocycles. The van der Waals surface area contributed by atoms with E-state index in [0.717, 1.165) is 43.8 Å². The van der Waals surface area contributed by atoms with Gasteiger partial charge in [0.2, 0.25) is 0 Å². The van der Waals surface area contributed by atoms with Gasteiger partial charge in [-0.3, -0.25) is 19.2 Å². The van der Waals surface area contributed by atoms with Gasteiger partial charge in [-0.05, 0) is 63.7 Å². The summed E-state index contributed by atoms with van der Waals surface area (Å²) in [6, 6.07) is 0. The molecule has 0 unspecified atom stereocenters. The van der Waals surface area contributed by atoms with Crippen LogP contribution >= 0.6 is 23.5 Å². The Morgan fingerprint density at radius 2 is 0.860 bits per heavy atom. The molecule has 0 saturated heterocycles. The summed E-state index contributed by atoms with van der Waals surface area (Å²) in [6.45, 7) is 27.8. The van der Waals surface area contributed by atoms with Crippen molar-refractivity contribution >= 4 is 47.4 Å². The van der Waals surface area contributed by atoms with Crippen molar-refractivity contribution in [2.24, 2.45) is 5.92 Å². The largest absolute Gasteiger partial charge is 0.466 e. The number of carbonyl (C=O) groups is 4. The Morgan fingerprint density at radius 3 is 1.12 bits per heavy atom. The molecule has 0 rings (SSSR count). The van der Waals surface area contributed by atoms with Crippen LogP contribution in [0.15, 0.2) is 0 Å². The van der Waals surface area contributed by atoms with E-state index in [1.165, 1.54) is 19.3 Å². The van der Waals surface area contributed by atoms with Gasteiger partial charge >= 0.3 is 23.9 Å². The van der Waals surface area contributed by atoms with Gasteiger partial charge in [0.15, 0.2) is 0 Å². The van der Waals surface area contributed by atoms with E-state index in [1.807, 2.05) is 60.3 Å². The normalized spacial score (nSPS) is 8.96. The number of hydrogen-bond acceptors (Lipinski definition) is 11. The molecule has 0 bridgehead atoms. The summed E-state index contributed by atoms with van der Waals surface area (Å²) < 4.78 is 24.1. The third-order valence-electron chi connectivity index (χ3n) is 4.67. The maximum absolute atomic E-state index is 10.7. The Kier molecular flexibility index (Phi) is 83.7. The lowest BCUT2D eigenvalue weighted by Gasteiger charge is -2.02. The SMILES string of the molecule is CCC.CCCC(=O)OCCOCC.CCCC(C)C.CCCOC(=O)CC.CCCOC(=O)CCC.CCCOC(=O)CCSC.CSC. The first kappa shape index (κ1) is 63.6. The second-order valence-electron chi connectivity index (χ2n) is 11.0. The van der Waals surface area contributed by atoms with E-state index in [-0.39, 0.29) is 23.9 Å². The zero-order valence-electron chi connectivity index (χ0n) is 35.5. The summed E-state index contributed by atoms with van der Waals surface area (Å²) in [5.74, 6) is 1.38. The number of rotatable bonds is 20. The molecular weight excluding hydrogens is 677 g/mol. The Bertz CT molecular complexity index is 623. The van der Waals surface area contributed by atoms with Crippen molar-refractivity contribution in [3.63, 3.8) is 0 Å². The summed E-state index contributed by atoms with van der Waals surface area (Å²) in [6.07, 6.45) is 16.6. The molecule has 0 radical (unpaired) electrons. The number of hydrogen-bond donors (Lipinski definition) is 0. The highest BCUT2D eigenvalue weighted by Crippen LogP contribution is 2.00. The first-order valence-electron chi connectivity index (χ1n) is 18.9. The molecule has 0 saturated carbocycles. The molecule has 0 amide bonds. The minimum Gasteiger partial charge on any atom is -0.466 e. The molecule has 0 atom stereocenters. The van der Waals surface area contributed by atoms with Crippen molar-refractivity contribution in [2.75, 3.05) is 64.2 Å². The Labute approximate surface area is 319 Å². The average Bonchev–Trinajstić information content (AvgIpc) is 3.08. The Morgan fingerprint density at radius 1 is 0.500 bits per heavy atom. The fourth-order valence-electron chi connectivity index (χ4n) is 2.50.